The molecule has 8 heteroatoms. The molecule has 1 unspecified atom stereocenters. The zero-order valence-electron chi connectivity index (χ0n) is 17.4. The lowest BCUT2D eigenvalue weighted by atomic mass is 9.80. The smallest absolute Gasteiger partial charge is 0.408 e. The number of benzene rings is 1. The number of nitrogens with zero attached hydrogens (tertiary/aromatic N) is 2. The fourth-order valence-corrected chi connectivity index (χ4v) is 4.10. The van der Waals surface area contributed by atoms with Crippen LogP contribution in [0.3, 0.4) is 0 Å². The number of rotatable bonds is 5. The number of carbonyl (C=O) groups excluding carboxylic acids is 1. The Kier molecular flexibility index (Phi) is 7.58. The van der Waals surface area contributed by atoms with E-state index in [9.17, 15) is 4.79 Å². The van der Waals surface area contributed by atoms with Crippen LogP contribution in [0.5, 0.6) is 5.88 Å². The van der Waals surface area contributed by atoms with Crippen LogP contribution in [0.1, 0.15) is 58.1 Å². The second kappa shape index (κ2) is 9.96. The maximum absolute atomic E-state index is 12.5. The van der Waals surface area contributed by atoms with E-state index in [1.165, 1.54) is 0 Å². The monoisotopic (exact) mass is 495 g/mol. The third-order valence-electron chi connectivity index (χ3n) is 4.97. The van der Waals surface area contributed by atoms with Crippen LogP contribution in [0.2, 0.25) is 5.02 Å². The highest BCUT2D eigenvalue weighted by Gasteiger charge is 2.32. The summed E-state index contributed by atoms with van der Waals surface area (Å²) in [4.78, 5) is 12.5. The lowest BCUT2D eigenvalue weighted by Gasteiger charge is -2.35. The van der Waals surface area contributed by atoms with E-state index in [0.29, 0.717) is 15.5 Å². The van der Waals surface area contributed by atoms with E-state index in [1.54, 1.807) is 0 Å². The average Bonchev–Trinajstić information content (AvgIpc) is 2.67. The molecule has 1 N–H and O–H groups in total. The van der Waals surface area contributed by atoms with Crippen molar-refractivity contribution in [1.29, 1.82) is 0 Å². The molecule has 6 nitrogen and oxygen atoms in total. The second-order valence-corrected chi connectivity index (χ2v) is 9.78. The van der Waals surface area contributed by atoms with Crippen LogP contribution >= 0.6 is 27.5 Å². The van der Waals surface area contributed by atoms with Gasteiger partial charge in [0, 0.05) is 11.1 Å². The highest BCUT2D eigenvalue weighted by Crippen LogP contribution is 2.36. The first kappa shape index (κ1) is 22.8. The maximum atomic E-state index is 12.5. The van der Waals surface area contributed by atoms with Gasteiger partial charge < -0.3 is 14.8 Å². The third-order valence-corrected chi connectivity index (χ3v) is 5.62. The van der Waals surface area contributed by atoms with Crippen LogP contribution in [-0.4, -0.2) is 28.0 Å². The normalized spacial score (nSPS) is 20.3. The first-order valence-corrected chi connectivity index (χ1v) is 11.3. The minimum atomic E-state index is -0.555. The SMILES string of the molecule is CC(C)(C)OC(=O)NC(c1cccc(Cl)c1)C1CCC(Oc2ccc(Br)nn2)CC1. The van der Waals surface area contributed by atoms with Gasteiger partial charge in [0.1, 0.15) is 16.3 Å². The molecule has 1 fully saturated rings. The molecule has 162 valence electrons. The lowest BCUT2D eigenvalue weighted by Crippen LogP contribution is -2.39. The summed E-state index contributed by atoms with van der Waals surface area (Å²) in [5.41, 5.74) is 0.427. The summed E-state index contributed by atoms with van der Waals surface area (Å²) in [5.74, 6) is 0.784. The van der Waals surface area contributed by atoms with Crippen LogP contribution in [0.4, 0.5) is 4.79 Å². The van der Waals surface area contributed by atoms with Crippen molar-refractivity contribution in [2.45, 2.75) is 64.2 Å². The van der Waals surface area contributed by atoms with E-state index in [0.717, 1.165) is 31.2 Å². The number of hydrogen-bond acceptors (Lipinski definition) is 5. The standard InChI is InChI=1S/C22H27BrClN3O3/c1-22(2,3)30-21(28)25-20(15-5-4-6-16(24)13-15)14-7-9-17(10-8-14)29-19-12-11-18(23)26-27-19/h4-6,11-14,17,20H,7-10H2,1-3H3,(H,25,28). The Morgan fingerprint density at radius 3 is 2.50 bits per heavy atom. The van der Waals surface area contributed by atoms with Crippen LogP contribution in [-0.2, 0) is 4.74 Å². The zero-order valence-corrected chi connectivity index (χ0v) is 19.7. The highest BCUT2D eigenvalue weighted by molar-refractivity contribution is 9.10. The van der Waals surface area contributed by atoms with E-state index < -0.39 is 11.7 Å². The van der Waals surface area contributed by atoms with Crippen LogP contribution in [0.25, 0.3) is 0 Å². The van der Waals surface area contributed by atoms with Gasteiger partial charge in [-0.1, -0.05) is 23.7 Å². The molecule has 3 rings (SSSR count). The molecule has 1 saturated carbocycles. The summed E-state index contributed by atoms with van der Waals surface area (Å²) < 4.78 is 12.2. The molecule has 1 amide bonds. The largest absolute Gasteiger partial charge is 0.473 e. The van der Waals surface area contributed by atoms with Gasteiger partial charge in [-0.3, -0.25) is 0 Å². The first-order valence-electron chi connectivity index (χ1n) is 10.1. The van der Waals surface area contributed by atoms with Gasteiger partial charge in [0.25, 0.3) is 0 Å². The Bertz CT molecular complexity index is 849. The minimum Gasteiger partial charge on any atom is -0.473 e. The topological polar surface area (TPSA) is 73.3 Å². The number of alkyl carbamates (subject to hydrolysis) is 1. The van der Waals surface area contributed by atoms with Gasteiger partial charge in [-0.15, -0.1) is 10.2 Å². The van der Waals surface area contributed by atoms with Gasteiger partial charge in [0.2, 0.25) is 5.88 Å². The number of carbonyl (C=O) groups is 1. The number of aromatic nitrogens is 2. The molecule has 1 aliphatic rings. The number of halogens is 2. The van der Waals surface area contributed by atoms with Crippen molar-refractivity contribution in [2.24, 2.45) is 5.92 Å². The molecular weight excluding hydrogens is 470 g/mol. The molecule has 1 aliphatic carbocycles. The Balaban J connectivity index is 1.66. The van der Waals surface area contributed by atoms with E-state index in [-0.39, 0.29) is 18.1 Å². The van der Waals surface area contributed by atoms with E-state index >= 15 is 0 Å². The molecule has 0 radical (unpaired) electrons. The highest BCUT2D eigenvalue weighted by atomic mass is 79.9. The van der Waals surface area contributed by atoms with Gasteiger partial charge in [-0.25, -0.2) is 4.79 Å². The van der Waals surface area contributed by atoms with Gasteiger partial charge >= 0.3 is 6.09 Å². The summed E-state index contributed by atoms with van der Waals surface area (Å²) in [6.45, 7) is 5.57. The number of nitrogens with one attached hydrogen (secondary N) is 1. The van der Waals surface area contributed by atoms with Crippen LogP contribution in [0.15, 0.2) is 41.0 Å². The van der Waals surface area contributed by atoms with Gasteiger partial charge in [0.05, 0.1) is 6.04 Å². The van der Waals surface area contributed by atoms with Crippen molar-refractivity contribution >= 4 is 33.6 Å². The molecular formula is C22H27BrClN3O3. The van der Waals surface area contributed by atoms with Gasteiger partial charge in [0.15, 0.2) is 0 Å². The average molecular weight is 497 g/mol. The zero-order chi connectivity index (χ0) is 21.7. The van der Waals surface area contributed by atoms with E-state index in [1.807, 2.05) is 57.2 Å². The Hall–Kier alpha value is -1.86. The predicted molar refractivity (Wildman–Crippen MR) is 120 cm³/mol. The summed E-state index contributed by atoms with van der Waals surface area (Å²) in [7, 11) is 0. The summed E-state index contributed by atoms with van der Waals surface area (Å²) in [5, 5.41) is 11.7. The molecule has 1 atom stereocenters. The van der Waals surface area contributed by atoms with Crippen molar-refractivity contribution in [2.75, 3.05) is 0 Å². The van der Waals surface area contributed by atoms with Crippen LogP contribution < -0.4 is 10.1 Å². The van der Waals surface area contributed by atoms with Crippen molar-refractivity contribution in [3.8, 4) is 5.88 Å². The summed E-state index contributed by atoms with van der Waals surface area (Å²) >= 11 is 9.49. The first-order chi connectivity index (χ1) is 14.2. The molecule has 0 saturated heterocycles. The van der Waals surface area contributed by atoms with Crippen molar-refractivity contribution in [3.63, 3.8) is 0 Å². The molecule has 0 aliphatic heterocycles. The number of amides is 1. The van der Waals surface area contributed by atoms with Crippen molar-refractivity contribution in [1.82, 2.24) is 15.5 Å². The van der Waals surface area contributed by atoms with Crippen LogP contribution in [0, 0.1) is 5.92 Å². The predicted octanol–water partition coefficient (Wildman–Crippen LogP) is 6.10. The molecule has 1 aromatic heterocycles. The number of hydrogen-bond donors (Lipinski definition) is 1. The Morgan fingerprint density at radius 1 is 1.17 bits per heavy atom. The third kappa shape index (κ3) is 6.84. The summed E-state index contributed by atoms with van der Waals surface area (Å²) in [6.07, 6.45) is 3.21. The quantitative estimate of drug-likeness (QED) is 0.542. The fraction of sp³-hybridized carbons (Fsp3) is 0.500. The summed E-state index contributed by atoms with van der Waals surface area (Å²) in [6, 6.07) is 11.1. The van der Waals surface area contributed by atoms with Gasteiger partial charge in [-0.2, -0.15) is 0 Å². The second-order valence-electron chi connectivity index (χ2n) is 8.53. The van der Waals surface area contributed by atoms with E-state index in [2.05, 4.69) is 31.4 Å². The van der Waals surface area contributed by atoms with Crippen molar-refractivity contribution in [3.05, 3.63) is 51.6 Å². The maximum Gasteiger partial charge on any atom is 0.408 e. The minimum absolute atomic E-state index is 0.0817. The van der Waals surface area contributed by atoms with Gasteiger partial charge in [-0.05, 0) is 92.1 Å². The Morgan fingerprint density at radius 2 is 1.90 bits per heavy atom. The number of ether oxygens (including phenoxy) is 2. The van der Waals surface area contributed by atoms with E-state index in [4.69, 9.17) is 21.1 Å². The molecule has 30 heavy (non-hydrogen) atoms. The lowest BCUT2D eigenvalue weighted by molar-refractivity contribution is 0.0457. The molecule has 1 aromatic carbocycles. The van der Waals surface area contributed by atoms with Crippen molar-refractivity contribution < 1.29 is 14.3 Å². The molecule has 2 aromatic rings. The fourth-order valence-electron chi connectivity index (χ4n) is 3.69. The molecule has 1 heterocycles. The molecule has 0 spiro atoms. The Labute approximate surface area is 190 Å². The molecule has 0 bridgehead atoms.